The molecular weight excluding hydrogens is 664 g/mol. The Morgan fingerprint density at radius 1 is 0.566 bits per heavy atom. The second-order valence-electron chi connectivity index (χ2n) is 15.9. The van der Waals surface area contributed by atoms with Crippen LogP contribution in [0.3, 0.4) is 0 Å². The molecule has 2 heterocycles. The maximum Gasteiger partial charge on any atom is 0.137 e. The molecule has 1 N–H and O–H groups in total. The van der Waals surface area contributed by atoms with Gasteiger partial charge in [0.15, 0.2) is 0 Å². The van der Waals surface area contributed by atoms with E-state index in [1.54, 1.807) is 0 Å². The minimum Gasteiger partial charge on any atom is -0.491 e. The second kappa shape index (κ2) is 15.7. The molecule has 4 aromatic carbocycles. The van der Waals surface area contributed by atoms with E-state index < -0.39 is 11.7 Å². The molecule has 2 aliphatic rings. The Balaban J connectivity index is 1.03. The first-order valence-corrected chi connectivity index (χ1v) is 19.3. The van der Waals surface area contributed by atoms with Crippen LogP contribution in [-0.2, 0) is 20.3 Å². The Kier molecular flexibility index (Phi) is 11.5. The first-order chi connectivity index (χ1) is 25.3. The van der Waals surface area contributed by atoms with Crippen LogP contribution in [0.4, 0.5) is 0 Å². The molecule has 0 amide bonds. The summed E-state index contributed by atoms with van der Waals surface area (Å²) >= 11 is 0. The van der Waals surface area contributed by atoms with E-state index in [4.69, 9.17) is 28.4 Å². The highest BCUT2D eigenvalue weighted by atomic mass is 16.6. The Hall–Kier alpha value is -4.04. The van der Waals surface area contributed by atoms with Gasteiger partial charge < -0.3 is 33.5 Å². The topological polar surface area (TPSA) is 82.2 Å². The van der Waals surface area contributed by atoms with Crippen molar-refractivity contribution in [1.82, 2.24) is 0 Å². The Bertz CT molecular complexity index is 1750. The fraction of sp³-hybridized carbons (Fsp3) is 0.478. The predicted molar refractivity (Wildman–Crippen MR) is 210 cm³/mol. The van der Waals surface area contributed by atoms with Gasteiger partial charge in [-0.3, -0.25) is 0 Å². The van der Waals surface area contributed by atoms with Crippen molar-refractivity contribution >= 4 is 0 Å². The number of ether oxygens (including phenoxy) is 6. The first kappa shape index (κ1) is 38.7. The van der Waals surface area contributed by atoms with E-state index in [0.717, 1.165) is 37.6 Å². The van der Waals surface area contributed by atoms with Crippen molar-refractivity contribution in [3.8, 4) is 23.0 Å². The first-order valence-electron chi connectivity index (χ1n) is 19.3. The standard InChI is InChI=1S/C46H58O7/c1-9-45(8,52-38-24-16-34(17-25-38)43(4,5)32-12-20-36(21-13-32)48-28-40-29-49-40)41(47)30-50-37-22-14-33(15-23-37)44(6,7)35-18-26-39(27-19-35)53-46(10-2,11-3)42-31-51-42/h12-27,40-42,47H,9-11,28-31H2,1-8H3. The molecule has 7 heteroatoms. The van der Waals surface area contributed by atoms with E-state index >= 15 is 0 Å². The number of rotatable bonds is 19. The minimum atomic E-state index is -0.849. The highest BCUT2D eigenvalue weighted by Gasteiger charge is 2.46. The summed E-state index contributed by atoms with van der Waals surface area (Å²) in [7, 11) is 0. The summed E-state index contributed by atoms with van der Waals surface area (Å²) < 4.78 is 35.7. The highest BCUT2D eigenvalue weighted by Crippen LogP contribution is 2.38. The van der Waals surface area contributed by atoms with Crippen molar-refractivity contribution in [3.05, 3.63) is 119 Å². The molecule has 2 aliphatic heterocycles. The van der Waals surface area contributed by atoms with Crippen molar-refractivity contribution in [2.24, 2.45) is 0 Å². The third-order valence-electron chi connectivity index (χ3n) is 11.7. The number of aliphatic hydroxyl groups is 1. The molecular formula is C46H58O7. The van der Waals surface area contributed by atoms with Crippen LogP contribution in [0.1, 0.15) is 96.9 Å². The van der Waals surface area contributed by atoms with Crippen LogP contribution in [-0.4, -0.2) is 61.0 Å². The molecule has 4 atom stereocenters. The summed E-state index contributed by atoms with van der Waals surface area (Å²) in [5.74, 6) is 3.13. The van der Waals surface area contributed by atoms with Crippen LogP contribution >= 0.6 is 0 Å². The molecule has 0 bridgehead atoms. The summed E-state index contributed by atoms with van der Waals surface area (Å²) in [5, 5.41) is 11.3. The van der Waals surface area contributed by atoms with Gasteiger partial charge in [0.2, 0.25) is 0 Å². The Labute approximate surface area is 316 Å². The molecule has 2 saturated heterocycles. The number of hydrogen-bond acceptors (Lipinski definition) is 7. The zero-order valence-electron chi connectivity index (χ0n) is 32.8. The van der Waals surface area contributed by atoms with Gasteiger partial charge in [-0.15, -0.1) is 0 Å². The maximum absolute atomic E-state index is 11.3. The summed E-state index contributed by atoms with van der Waals surface area (Å²) in [6.07, 6.45) is 2.00. The molecule has 7 nitrogen and oxygen atoms in total. The molecule has 0 saturated carbocycles. The molecule has 0 aromatic heterocycles. The lowest BCUT2D eigenvalue weighted by Gasteiger charge is -2.34. The van der Waals surface area contributed by atoms with Crippen molar-refractivity contribution in [2.75, 3.05) is 26.4 Å². The quantitative estimate of drug-likeness (QED) is 0.0966. The van der Waals surface area contributed by atoms with Gasteiger partial charge in [0.25, 0.3) is 0 Å². The molecule has 4 unspecified atom stereocenters. The fourth-order valence-electron chi connectivity index (χ4n) is 7.00. The molecule has 6 rings (SSSR count). The SMILES string of the molecule is CCC(C)(Oc1ccc(C(C)(C)c2ccc(OCC3CO3)cc2)cc1)C(O)COc1ccc(C(C)(C)c2ccc(OC(CC)(CC)C3CO3)cc2)cc1. The lowest BCUT2D eigenvalue weighted by Crippen LogP contribution is -2.47. The third kappa shape index (κ3) is 8.86. The Morgan fingerprint density at radius 3 is 1.34 bits per heavy atom. The van der Waals surface area contributed by atoms with E-state index in [1.165, 1.54) is 22.3 Å². The lowest BCUT2D eigenvalue weighted by molar-refractivity contribution is -0.0630. The van der Waals surface area contributed by atoms with Gasteiger partial charge in [0, 0.05) is 10.8 Å². The monoisotopic (exact) mass is 722 g/mol. The van der Waals surface area contributed by atoms with Gasteiger partial charge in [-0.1, -0.05) is 97.0 Å². The highest BCUT2D eigenvalue weighted by molar-refractivity contribution is 5.43. The van der Waals surface area contributed by atoms with Crippen molar-refractivity contribution in [3.63, 3.8) is 0 Å². The van der Waals surface area contributed by atoms with E-state index in [2.05, 4.69) is 102 Å². The summed E-state index contributed by atoms with van der Waals surface area (Å²) in [4.78, 5) is 0. The largest absolute Gasteiger partial charge is 0.491 e. The summed E-state index contributed by atoms with van der Waals surface area (Å²) in [6.45, 7) is 19.4. The van der Waals surface area contributed by atoms with Crippen LogP contribution in [0.5, 0.6) is 23.0 Å². The molecule has 53 heavy (non-hydrogen) atoms. The molecule has 284 valence electrons. The Morgan fingerprint density at radius 2 is 0.962 bits per heavy atom. The number of benzene rings is 4. The predicted octanol–water partition coefficient (Wildman–Crippen LogP) is 9.44. The maximum atomic E-state index is 11.3. The number of epoxide rings is 2. The molecule has 2 fully saturated rings. The van der Waals surface area contributed by atoms with Gasteiger partial charge in [-0.2, -0.15) is 0 Å². The molecule has 0 spiro atoms. The van der Waals surface area contributed by atoms with Crippen molar-refractivity contribution in [1.29, 1.82) is 0 Å². The van der Waals surface area contributed by atoms with Gasteiger partial charge in [0.05, 0.1) is 13.2 Å². The van der Waals surface area contributed by atoms with E-state index in [9.17, 15) is 5.11 Å². The van der Waals surface area contributed by atoms with Gasteiger partial charge in [0.1, 0.15) is 65.7 Å². The molecule has 0 radical (unpaired) electrons. The fourth-order valence-corrected chi connectivity index (χ4v) is 7.00. The van der Waals surface area contributed by atoms with Crippen molar-refractivity contribution < 1.29 is 33.5 Å². The van der Waals surface area contributed by atoms with Crippen molar-refractivity contribution in [2.45, 2.75) is 115 Å². The van der Waals surface area contributed by atoms with Crippen LogP contribution in [0.25, 0.3) is 0 Å². The average molecular weight is 723 g/mol. The van der Waals surface area contributed by atoms with E-state index in [0.29, 0.717) is 24.5 Å². The van der Waals surface area contributed by atoms with E-state index in [-0.39, 0.29) is 35.2 Å². The smallest absolute Gasteiger partial charge is 0.137 e. The number of hydrogen-bond donors (Lipinski definition) is 1. The normalized spacial score (nSPS) is 18.8. The van der Waals surface area contributed by atoms with Gasteiger partial charge in [-0.05, 0) is 97.0 Å². The minimum absolute atomic E-state index is 0.107. The zero-order chi connectivity index (χ0) is 37.9. The summed E-state index contributed by atoms with van der Waals surface area (Å²) in [6, 6.07) is 33.1. The zero-order valence-corrected chi connectivity index (χ0v) is 32.8. The lowest BCUT2D eigenvalue weighted by atomic mass is 9.78. The second-order valence-corrected chi connectivity index (χ2v) is 15.9. The molecule has 0 aliphatic carbocycles. The third-order valence-corrected chi connectivity index (χ3v) is 11.7. The van der Waals surface area contributed by atoms with Gasteiger partial charge in [-0.25, -0.2) is 0 Å². The van der Waals surface area contributed by atoms with Crippen LogP contribution in [0.2, 0.25) is 0 Å². The van der Waals surface area contributed by atoms with E-state index in [1.807, 2.05) is 50.2 Å². The van der Waals surface area contributed by atoms with Crippen LogP contribution in [0, 0.1) is 0 Å². The van der Waals surface area contributed by atoms with Gasteiger partial charge >= 0.3 is 0 Å². The number of aliphatic hydroxyl groups excluding tert-OH is 1. The van der Waals surface area contributed by atoms with Crippen LogP contribution in [0.15, 0.2) is 97.1 Å². The summed E-state index contributed by atoms with van der Waals surface area (Å²) in [5.41, 5.74) is 3.17. The molecule has 4 aromatic rings. The van der Waals surface area contributed by atoms with Crippen LogP contribution < -0.4 is 18.9 Å². The average Bonchev–Trinajstić information content (AvgIpc) is 4.12.